The zero-order valence-corrected chi connectivity index (χ0v) is 16.9. The van der Waals surface area contributed by atoms with E-state index in [9.17, 15) is 0 Å². The second-order valence-corrected chi connectivity index (χ2v) is 8.55. The molecule has 0 radical (unpaired) electrons. The van der Waals surface area contributed by atoms with Gasteiger partial charge in [-0.2, -0.15) is 0 Å². The topological polar surface area (TPSA) is 41.1 Å². The summed E-state index contributed by atoms with van der Waals surface area (Å²) < 4.78 is 0. The van der Waals surface area contributed by atoms with Gasteiger partial charge in [0.25, 0.3) is 0 Å². The van der Waals surface area contributed by atoms with E-state index in [1.54, 1.807) is 0 Å². The highest BCUT2D eigenvalue weighted by molar-refractivity contribution is 5.53. The highest BCUT2D eigenvalue weighted by atomic mass is 15.2. The number of nitrogens with zero attached hydrogens (tertiary/aromatic N) is 3. The molecular formula is C23H32N4. The number of aromatic nitrogens is 2. The zero-order chi connectivity index (χ0) is 18.8. The first-order valence-corrected chi connectivity index (χ1v) is 10.6. The zero-order valence-electron chi connectivity index (χ0n) is 16.9. The number of anilines is 2. The third-order valence-electron chi connectivity index (χ3n) is 6.00. The Morgan fingerprint density at radius 2 is 1.78 bits per heavy atom. The molecule has 144 valence electrons. The maximum absolute atomic E-state index is 4.95. The number of hydrogen-bond donors (Lipinski definition) is 1. The monoisotopic (exact) mass is 364 g/mol. The summed E-state index contributed by atoms with van der Waals surface area (Å²) in [5.74, 6) is 3.33. The smallest absolute Gasteiger partial charge is 0.135 e. The predicted octanol–water partition coefficient (Wildman–Crippen LogP) is 5.30. The van der Waals surface area contributed by atoms with Gasteiger partial charge in [0.1, 0.15) is 17.5 Å². The average Bonchev–Trinajstić information content (AvgIpc) is 2.68. The van der Waals surface area contributed by atoms with Crippen LogP contribution < -0.4 is 10.2 Å². The van der Waals surface area contributed by atoms with Crippen LogP contribution in [-0.2, 0) is 13.0 Å². The average molecular weight is 365 g/mol. The fourth-order valence-corrected chi connectivity index (χ4v) is 4.37. The molecule has 1 aliphatic carbocycles. The van der Waals surface area contributed by atoms with Crippen LogP contribution >= 0.6 is 0 Å². The Balaban J connectivity index is 1.63. The molecule has 2 aliphatic rings. The molecule has 2 aromatic rings. The lowest BCUT2D eigenvalue weighted by Crippen LogP contribution is -2.39. The van der Waals surface area contributed by atoms with E-state index >= 15 is 0 Å². The van der Waals surface area contributed by atoms with E-state index in [4.69, 9.17) is 9.97 Å². The largest absolute Gasteiger partial charge is 0.367 e. The van der Waals surface area contributed by atoms with Crippen LogP contribution in [0.15, 0.2) is 30.3 Å². The van der Waals surface area contributed by atoms with Gasteiger partial charge in [0.15, 0.2) is 0 Å². The minimum atomic E-state index is 0.323. The normalized spacial score (nSPS) is 20.6. The molecule has 0 bridgehead atoms. The second-order valence-electron chi connectivity index (χ2n) is 8.55. The van der Waals surface area contributed by atoms with Crippen LogP contribution in [0.25, 0.3) is 0 Å². The molecule has 27 heavy (non-hydrogen) atoms. The molecule has 1 aromatic heterocycles. The molecule has 1 aliphatic heterocycles. The summed E-state index contributed by atoms with van der Waals surface area (Å²) in [6, 6.07) is 12.0. The van der Waals surface area contributed by atoms with Crippen LogP contribution in [0, 0.1) is 0 Å². The van der Waals surface area contributed by atoms with Crippen LogP contribution in [0.5, 0.6) is 0 Å². The van der Waals surface area contributed by atoms with Gasteiger partial charge < -0.3 is 10.2 Å². The van der Waals surface area contributed by atoms with Crippen molar-refractivity contribution in [2.24, 2.45) is 0 Å². The van der Waals surface area contributed by atoms with Crippen molar-refractivity contribution in [3.05, 3.63) is 47.3 Å². The van der Waals surface area contributed by atoms with Gasteiger partial charge in [0, 0.05) is 30.6 Å². The number of nitrogens with one attached hydrogen (secondary N) is 1. The van der Waals surface area contributed by atoms with Crippen molar-refractivity contribution in [2.45, 2.75) is 83.8 Å². The Kier molecular flexibility index (Phi) is 5.33. The fraction of sp³-hybridized carbons (Fsp3) is 0.565. The molecule has 4 rings (SSSR count). The van der Waals surface area contributed by atoms with E-state index in [1.165, 1.54) is 43.2 Å². The standard InChI is InChI=1S/C23H32N4/c1-16(2)23-25-21(24-20-11-5-4-6-12-20)14-22(26-23)27-15-19-10-8-7-9-18(19)13-17(27)3/h7-10,14,16-17,20H,4-6,11-13,15H2,1-3H3,(H,24,25,26)/t17-/m1/s1. The molecular weight excluding hydrogens is 332 g/mol. The lowest BCUT2D eigenvalue weighted by Gasteiger charge is -2.36. The van der Waals surface area contributed by atoms with E-state index in [0.29, 0.717) is 18.0 Å². The molecule has 4 nitrogen and oxygen atoms in total. The third kappa shape index (κ3) is 4.10. The van der Waals surface area contributed by atoms with E-state index in [0.717, 1.165) is 30.4 Å². The van der Waals surface area contributed by atoms with Gasteiger partial charge in [0.2, 0.25) is 0 Å². The predicted molar refractivity (Wildman–Crippen MR) is 112 cm³/mol. The Morgan fingerprint density at radius 3 is 2.52 bits per heavy atom. The van der Waals surface area contributed by atoms with Crippen LogP contribution in [-0.4, -0.2) is 22.1 Å². The molecule has 1 saturated carbocycles. The minimum Gasteiger partial charge on any atom is -0.367 e. The van der Waals surface area contributed by atoms with E-state index < -0.39 is 0 Å². The number of fused-ring (bicyclic) bond motifs is 1. The summed E-state index contributed by atoms with van der Waals surface area (Å²) in [6.07, 6.45) is 7.60. The van der Waals surface area contributed by atoms with Gasteiger partial charge in [-0.05, 0) is 37.3 Å². The lowest BCUT2D eigenvalue weighted by molar-refractivity contribution is 0.461. The summed E-state index contributed by atoms with van der Waals surface area (Å²) in [4.78, 5) is 12.2. The molecule has 1 atom stereocenters. The first-order chi connectivity index (χ1) is 13.1. The van der Waals surface area contributed by atoms with Crippen LogP contribution in [0.4, 0.5) is 11.6 Å². The molecule has 1 fully saturated rings. The van der Waals surface area contributed by atoms with Gasteiger partial charge in [-0.15, -0.1) is 0 Å². The summed E-state index contributed by atoms with van der Waals surface area (Å²) >= 11 is 0. The maximum Gasteiger partial charge on any atom is 0.135 e. The molecule has 0 spiro atoms. The number of benzene rings is 1. The molecule has 0 amide bonds. The Labute approximate surface area is 163 Å². The Hall–Kier alpha value is -2.10. The second kappa shape index (κ2) is 7.87. The van der Waals surface area contributed by atoms with Crippen molar-refractivity contribution in [3.8, 4) is 0 Å². The van der Waals surface area contributed by atoms with Crippen molar-refractivity contribution in [1.29, 1.82) is 0 Å². The van der Waals surface area contributed by atoms with Gasteiger partial charge in [-0.3, -0.25) is 0 Å². The first kappa shape index (κ1) is 18.3. The summed E-state index contributed by atoms with van der Waals surface area (Å²) in [7, 11) is 0. The summed E-state index contributed by atoms with van der Waals surface area (Å²) in [6.45, 7) is 7.59. The van der Waals surface area contributed by atoms with Crippen molar-refractivity contribution >= 4 is 11.6 Å². The number of hydrogen-bond acceptors (Lipinski definition) is 4. The SMILES string of the molecule is CC(C)c1nc(NC2CCCCC2)cc(N2Cc3ccccc3C[C@H]2C)n1. The highest BCUT2D eigenvalue weighted by Crippen LogP contribution is 2.30. The summed E-state index contributed by atoms with van der Waals surface area (Å²) in [5.41, 5.74) is 2.89. The van der Waals surface area contributed by atoms with Crippen LogP contribution in [0.1, 0.15) is 75.7 Å². The lowest BCUT2D eigenvalue weighted by atomic mass is 9.95. The van der Waals surface area contributed by atoms with Gasteiger partial charge in [0.05, 0.1) is 0 Å². The Bertz CT molecular complexity index is 780. The maximum atomic E-state index is 4.95. The van der Waals surface area contributed by atoms with E-state index in [2.05, 4.69) is 61.3 Å². The molecule has 1 aromatic carbocycles. The molecule has 0 unspecified atom stereocenters. The van der Waals surface area contributed by atoms with Crippen molar-refractivity contribution in [3.63, 3.8) is 0 Å². The van der Waals surface area contributed by atoms with Crippen LogP contribution in [0.3, 0.4) is 0 Å². The first-order valence-electron chi connectivity index (χ1n) is 10.6. The van der Waals surface area contributed by atoms with Crippen molar-refractivity contribution in [1.82, 2.24) is 9.97 Å². The fourth-order valence-electron chi connectivity index (χ4n) is 4.37. The highest BCUT2D eigenvalue weighted by Gasteiger charge is 2.25. The third-order valence-corrected chi connectivity index (χ3v) is 6.00. The van der Waals surface area contributed by atoms with Crippen molar-refractivity contribution in [2.75, 3.05) is 10.2 Å². The van der Waals surface area contributed by atoms with E-state index in [1.807, 2.05) is 0 Å². The molecule has 0 saturated heterocycles. The quantitative estimate of drug-likeness (QED) is 0.800. The van der Waals surface area contributed by atoms with Gasteiger partial charge in [-0.25, -0.2) is 9.97 Å². The molecule has 4 heteroatoms. The van der Waals surface area contributed by atoms with Gasteiger partial charge in [-0.1, -0.05) is 57.4 Å². The van der Waals surface area contributed by atoms with E-state index in [-0.39, 0.29) is 0 Å². The van der Waals surface area contributed by atoms with Crippen molar-refractivity contribution < 1.29 is 0 Å². The minimum absolute atomic E-state index is 0.323. The summed E-state index contributed by atoms with van der Waals surface area (Å²) in [5, 5.41) is 3.71. The molecule has 2 heterocycles. The number of rotatable bonds is 4. The van der Waals surface area contributed by atoms with Crippen LogP contribution in [0.2, 0.25) is 0 Å². The molecule has 1 N–H and O–H groups in total. The van der Waals surface area contributed by atoms with Gasteiger partial charge >= 0.3 is 0 Å². The Morgan fingerprint density at radius 1 is 1.04 bits per heavy atom.